The summed E-state index contributed by atoms with van der Waals surface area (Å²) in [6.45, 7) is 6.70. The molecule has 0 aliphatic heterocycles. The minimum Gasteiger partial charge on any atom is -0.457 e. The number of aliphatic hydroxyl groups excluding tert-OH is 2. The van der Waals surface area contributed by atoms with Gasteiger partial charge in [0.15, 0.2) is 0 Å². The number of ether oxygens (including phenoxy) is 1. The van der Waals surface area contributed by atoms with Gasteiger partial charge in [-0.3, -0.25) is 0 Å². The topological polar surface area (TPSA) is 66.8 Å². The Balaban J connectivity index is 4.07. The number of esters is 1. The molecule has 0 amide bonds. The minimum absolute atomic E-state index is 0.530. The maximum atomic E-state index is 11.1. The number of carbonyl (C=O) groups excluding carboxylic acids is 1. The molecular formula is C10H18O4. The van der Waals surface area contributed by atoms with Crippen LogP contribution in [0.4, 0.5) is 0 Å². The van der Waals surface area contributed by atoms with Gasteiger partial charge in [-0.25, -0.2) is 4.79 Å². The van der Waals surface area contributed by atoms with E-state index < -0.39 is 23.8 Å². The normalized spacial score (nSPS) is 16.7. The molecule has 0 aromatic rings. The third-order valence-electron chi connectivity index (χ3n) is 1.33. The highest BCUT2D eigenvalue weighted by atomic mass is 16.6. The molecule has 0 heterocycles. The third-order valence-corrected chi connectivity index (χ3v) is 1.33. The molecular weight excluding hydrogens is 184 g/mol. The fraction of sp³-hybridized carbons (Fsp3) is 0.700. The predicted molar refractivity (Wildman–Crippen MR) is 52.7 cm³/mol. The van der Waals surface area contributed by atoms with Crippen molar-refractivity contribution in [3.63, 3.8) is 0 Å². The van der Waals surface area contributed by atoms with Gasteiger partial charge in [-0.1, -0.05) is 0 Å². The number of aliphatic hydroxyl groups is 2. The van der Waals surface area contributed by atoms with Gasteiger partial charge in [0.25, 0.3) is 0 Å². The van der Waals surface area contributed by atoms with Crippen LogP contribution in [0.2, 0.25) is 0 Å². The molecule has 82 valence electrons. The first-order valence-corrected chi connectivity index (χ1v) is 4.49. The van der Waals surface area contributed by atoms with E-state index >= 15 is 0 Å². The van der Waals surface area contributed by atoms with Crippen molar-refractivity contribution in [2.45, 2.75) is 45.5 Å². The molecule has 4 heteroatoms. The third kappa shape index (κ3) is 6.62. The second kappa shape index (κ2) is 5.12. The van der Waals surface area contributed by atoms with Gasteiger partial charge in [0.1, 0.15) is 5.60 Å². The van der Waals surface area contributed by atoms with Crippen LogP contribution in [0, 0.1) is 0 Å². The summed E-state index contributed by atoms with van der Waals surface area (Å²) in [7, 11) is 0. The second-order valence-corrected chi connectivity index (χ2v) is 4.12. The quantitative estimate of drug-likeness (QED) is 0.520. The van der Waals surface area contributed by atoms with E-state index in [1.165, 1.54) is 13.0 Å². The highest BCUT2D eigenvalue weighted by Gasteiger charge is 2.14. The Morgan fingerprint density at radius 3 is 2.21 bits per heavy atom. The molecule has 4 nitrogen and oxygen atoms in total. The van der Waals surface area contributed by atoms with Crippen LogP contribution in [0.1, 0.15) is 27.7 Å². The van der Waals surface area contributed by atoms with E-state index in [-0.39, 0.29) is 0 Å². The summed E-state index contributed by atoms with van der Waals surface area (Å²) in [4.78, 5) is 11.1. The molecule has 0 spiro atoms. The lowest BCUT2D eigenvalue weighted by atomic mass is 10.2. The van der Waals surface area contributed by atoms with Crippen LogP contribution in [0.5, 0.6) is 0 Å². The first kappa shape index (κ1) is 13.1. The fourth-order valence-corrected chi connectivity index (χ4v) is 0.674. The molecule has 0 aromatic carbocycles. The van der Waals surface area contributed by atoms with E-state index in [0.717, 1.165) is 6.08 Å². The largest absolute Gasteiger partial charge is 0.457 e. The van der Waals surface area contributed by atoms with Crippen LogP contribution in [-0.4, -0.2) is 34.0 Å². The second-order valence-electron chi connectivity index (χ2n) is 4.12. The van der Waals surface area contributed by atoms with E-state index in [1.54, 1.807) is 20.8 Å². The molecule has 0 radical (unpaired) electrons. The van der Waals surface area contributed by atoms with E-state index in [0.29, 0.717) is 0 Å². The minimum atomic E-state index is -1.04. The average molecular weight is 202 g/mol. The summed E-state index contributed by atoms with van der Waals surface area (Å²) in [5.41, 5.74) is -0.544. The standard InChI is InChI=1S/C10H18O4/c1-7(11)8(12)5-6-9(13)14-10(2,3)4/h5-8,11-12H,1-4H3. The Morgan fingerprint density at radius 1 is 1.36 bits per heavy atom. The van der Waals surface area contributed by atoms with Crippen molar-refractivity contribution < 1.29 is 19.7 Å². The maximum absolute atomic E-state index is 11.1. The SMILES string of the molecule is CC(O)C(O)C=CC(=O)OC(C)(C)C. The van der Waals surface area contributed by atoms with Crippen molar-refractivity contribution in [2.24, 2.45) is 0 Å². The van der Waals surface area contributed by atoms with Gasteiger partial charge in [0.05, 0.1) is 12.2 Å². The lowest BCUT2D eigenvalue weighted by Crippen LogP contribution is -2.24. The van der Waals surface area contributed by atoms with Crippen molar-refractivity contribution in [3.05, 3.63) is 12.2 Å². The predicted octanol–water partition coefficient (Wildman–Crippen LogP) is 0.626. The van der Waals surface area contributed by atoms with E-state index in [2.05, 4.69) is 0 Å². The zero-order valence-electron chi connectivity index (χ0n) is 9.02. The summed E-state index contributed by atoms with van der Waals surface area (Å²) < 4.78 is 4.95. The van der Waals surface area contributed by atoms with Crippen LogP contribution in [0.25, 0.3) is 0 Å². The highest BCUT2D eigenvalue weighted by molar-refractivity contribution is 5.82. The Kier molecular flexibility index (Phi) is 4.80. The van der Waals surface area contributed by atoms with Crippen molar-refractivity contribution in [2.75, 3.05) is 0 Å². The monoisotopic (exact) mass is 202 g/mol. The Bertz CT molecular complexity index is 213. The summed E-state index contributed by atoms with van der Waals surface area (Å²) in [6.07, 6.45) is 0.387. The van der Waals surface area contributed by atoms with Gasteiger partial charge in [0, 0.05) is 6.08 Å². The average Bonchev–Trinajstić information content (AvgIpc) is 1.96. The zero-order valence-corrected chi connectivity index (χ0v) is 9.02. The van der Waals surface area contributed by atoms with E-state index in [9.17, 15) is 4.79 Å². The molecule has 2 N–H and O–H groups in total. The molecule has 2 unspecified atom stereocenters. The summed E-state index contributed by atoms with van der Waals surface area (Å²) in [6, 6.07) is 0. The maximum Gasteiger partial charge on any atom is 0.331 e. The number of rotatable bonds is 3. The first-order chi connectivity index (χ1) is 6.22. The van der Waals surface area contributed by atoms with Crippen LogP contribution in [-0.2, 0) is 9.53 Å². The molecule has 2 atom stereocenters. The lowest BCUT2D eigenvalue weighted by molar-refractivity contribution is -0.148. The Hall–Kier alpha value is -0.870. The van der Waals surface area contributed by atoms with Crippen LogP contribution in [0.3, 0.4) is 0 Å². The molecule has 0 rings (SSSR count). The molecule has 0 fully saturated rings. The van der Waals surface area contributed by atoms with Crippen LogP contribution < -0.4 is 0 Å². The summed E-state index contributed by atoms with van der Waals surface area (Å²) in [5.74, 6) is -0.530. The molecule has 0 aliphatic rings. The van der Waals surface area contributed by atoms with Crippen LogP contribution >= 0.6 is 0 Å². The molecule has 0 aromatic heterocycles. The lowest BCUT2D eigenvalue weighted by Gasteiger charge is -2.18. The van der Waals surface area contributed by atoms with E-state index in [1.807, 2.05) is 0 Å². The Labute approximate surface area is 84.2 Å². The molecule has 14 heavy (non-hydrogen) atoms. The van der Waals surface area contributed by atoms with Gasteiger partial charge in [-0.05, 0) is 33.8 Å². The summed E-state index contributed by atoms with van der Waals surface area (Å²) >= 11 is 0. The van der Waals surface area contributed by atoms with Gasteiger partial charge < -0.3 is 14.9 Å². The first-order valence-electron chi connectivity index (χ1n) is 4.49. The number of hydrogen-bond donors (Lipinski definition) is 2. The number of hydrogen-bond acceptors (Lipinski definition) is 4. The zero-order chi connectivity index (χ0) is 11.4. The van der Waals surface area contributed by atoms with Crippen molar-refractivity contribution in [1.29, 1.82) is 0 Å². The van der Waals surface area contributed by atoms with Crippen LogP contribution in [0.15, 0.2) is 12.2 Å². The van der Waals surface area contributed by atoms with Crippen molar-refractivity contribution in [3.8, 4) is 0 Å². The summed E-state index contributed by atoms with van der Waals surface area (Å²) in [5, 5.41) is 18.0. The fourth-order valence-electron chi connectivity index (χ4n) is 0.674. The van der Waals surface area contributed by atoms with Gasteiger partial charge in [0.2, 0.25) is 0 Å². The van der Waals surface area contributed by atoms with Gasteiger partial charge in [-0.15, -0.1) is 0 Å². The Morgan fingerprint density at radius 2 is 1.86 bits per heavy atom. The molecule has 0 saturated carbocycles. The van der Waals surface area contributed by atoms with Gasteiger partial charge in [-0.2, -0.15) is 0 Å². The molecule has 0 aliphatic carbocycles. The van der Waals surface area contributed by atoms with E-state index in [4.69, 9.17) is 14.9 Å². The van der Waals surface area contributed by atoms with Gasteiger partial charge >= 0.3 is 5.97 Å². The smallest absolute Gasteiger partial charge is 0.331 e. The van der Waals surface area contributed by atoms with Crippen molar-refractivity contribution >= 4 is 5.97 Å². The van der Waals surface area contributed by atoms with Crippen molar-refractivity contribution in [1.82, 2.24) is 0 Å². The number of carbonyl (C=O) groups is 1. The molecule has 0 bridgehead atoms. The molecule has 0 saturated heterocycles. The highest BCUT2D eigenvalue weighted by Crippen LogP contribution is 2.07.